The Morgan fingerprint density at radius 3 is 2.90 bits per heavy atom. The van der Waals surface area contributed by atoms with Gasteiger partial charge in [0.15, 0.2) is 5.58 Å². The predicted octanol–water partition coefficient (Wildman–Crippen LogP) is 3.48. The highest BCUT2D eigenvalue weighted by atomic mass is 32.2. The highest BCUT2D eigenvalue weighted by Crippen LogP contribution is 2.27. The third-order valence-corrected chi connectivity index (χ3v) is 4.17. The molecule has 110 valence electrons. The quantitative estimate of drug-likeness (QED) is 0.577. The molecular weight excluding hydrogens is 284 g/mol. The fourth-order valence-corrected chi connectivity index (χ4v) is 3.01. The van der Waals surface area contributed by atoms with Crippen LogP contribution in [-0.2, 0) is 18.7 Å². The molecule has 0 saturated heterocycles. The summed E-state index contributed by atoms with van der Waals surface area (Å²) in [5.74, 6) is 0.795. The van der Waals surface area contributed by atoms with Crippen LogP contribution in [0.15, 0.2) is 33.9 Å². The van der Waals surface area contributed by atoms with Gasteiger partial charge in [-0.15, -0.1) is 0 Å². The first-order chi connectivity index (χ1) is 10.2. The van der Waals surface area contributed by atoms with Gasteiger partial charge in [0.05, 0.1) is 5.69 Å². The maximum Gasteiger partial charge on any atom is 0.257 e. The van der Waals surface area contributed by atoms with Crippen LogP contribution in [0.1, 0.15) is 25.2 Å². The van der Waals surface area contributed by atoms with Crippen molar-refractivity contribution in [3.05, 3.63) is 35.7 Å². The zero-order valence-corrected chi connectivity index (χ0v) is 13.0. The average Bonchev–Trinajstić information content (AvgIpc) is 3.07. The Balaban J connectivity index is 1.78. The number of fused-ring (bicyclic) bond motifs is 1. The van der Waals surface area contributed by atoms with Crippen molar-refractivity contribution in [2.24, 2.45) is 0 Å². The highest BCUT2D eigenvalue weighted by molar-refractivity contribution is 7.98. The van der Waals surface area contributed by atoms with Crippen LogP contribution in [0.5, 0.6) is 0 Å². The molecule has 1 aromatic carbocycles. The van der Waals surface area contributed by atoms with E-state index in [0.717, 1.165) is 35.5 Å². The van der Waals surface area contributed by atoms with Crippen molar-refractivity contribution >= 4 is 28.5 Å². The van der Waals surface area contributed by atoms with Gasteiger partial charge in [-0.2, -0.15) is 5.10 Å². The lowest BCUT2D eigenvalue weighted by atomic mass is 10.3. The van der Waals surface area contributed by atoms with Gasteiger partial charge in [0, 0.05) is 23.7 Å². The summed E-state index contributed by atoms with van der Waals surface area (Å²) in [6.45, 7) is 5.09. The molecule has 6 heteroatoms. The smallest absolute Gasteiger partial charge is 0.257 e. The van der Waals surface area contributed by atoms with Crippen LogP contribution in [-0.4, -0.2) is 14.8 Å². The molecule has 0 saturated carbocycles. The summed E-state index contributed by atoms with van der Waals surface area (Å²) >= 11 is 1.58. The fourth-order valence-electron chi connectivity index (χ4n) is 2.20. The molecule has 0 aliphatic rings. The summed E-state index contributed by atoms with van der Waals surface area (Å²) in [6, 6.07) is 7.65. The van der Waals surface area contributed by atoms with Crippen LogP contribution in [0.3, 0.4) is 0 Å². The summed E-state index contributed by atoms with van der Waals surface area (Å²) in [5.41, 5.74) is 10.3. The van der Waals surface area contributed by atoms with Crippen LogP contribution in [0, 0.1) is 0 Å². The maximum absolute atomic E-state index is 5.75. The molecule has 0 spiro atoms. The molecule has 0 bridgehead atoms. The molecular formula is C15H18N4OS. The Kier molecular flexibility index (Phi) is 3.88. The average molecular weight is 302 g/mol. The lowest BCUT2D eigenvalue weighted by Crippen LogP contribution is -2.01. The van der Waals surface area contributed by atoms with Gasteiger partial charge in [0.1, 0.15) is 5.52 Å². The molecule has 3 rings (SSSR count). The summed E-state index contributed by atoms with van der Waals surface area (Å²) in [5, 5.41) is 5.21. The molecule has 0 aliphatic carbocycles. The molecule has 0 aliphatic heterocycles. The first-order valence-corrected chi connectivity index (χ1v) is 8.02. The predicted molar refractivity (Wildman–Crippen MR) is 85.3 cm³/mol. The van der Waals surface area contributed by atoms with Gasteiger partial charge in [0.25, 0.3) is 5.22 Å². The molecule has 0 fully saturated rings. The zero-order chi connectivity index (χ0) is 14.8. The Morgan fingerprint density at radius 2 is 2.14 bits per heavy atom. The third-order valence-electron chi connectivity index (χ3n) is 3.31. The zero-order valence-electron chi connectivity index (χ0n) is 12.2. The van der Waals surface area contributed by atoms with E-state index in [9.17, 15) is 0 Å². The van der Waals surface area contributed by atoms with Gasteiger partial charge in [-0.1, -0.05) is 18.7 Å². The number of nitrogens with zero attached hydrogens (tertiary/aromatic N) is 3. The second-order valence-corrected chi connectivity index (χ2v) is 5.72. The lowest BCUT2D eigenvalue weighted by molar-refractivity contribution is 0.489. The van der Waals surface area contributed by atoms with E-state index in [1.54, 1.807) is 11.8 Å². The number of benzene rings is 1. The van der Waals surface area contributed by atoms with Crippen molar-refractivity contribution in [1.82, 2.24) is 14.8 Å². The second kappa shape index (κ2) is 5.81. The fraction of sp³-hybridized carbons (Fsp3) is 0.333. The van der Waals surface area contributed by atoms with Crippen LogP contribution in [0.25, 0.3) is 11.1 Å². The minimum atomic E-state index is 0.664. The monoisotopic (exact) mass is 302 g/mol. The van der Waals surface area contributed by atoms with Crippen LogP contribution >= 0.6 is 11.8 Å². The Labute approximate surface area is 127 Å². The number of nitrogen functional groups attached to an aromatic ring is 1. The standard InChI is InChI=1S/C15H18N4OS/c1-3-11-8-12(19(4-2)18-11)9-21-15-17-13-7-10(16)5-6-14(13)20-15/h5-8H,3-4,9,16H2,1-2H3. The molecule has 0 amide bonds. The SMILES string of the molecule is CCc1cc(CSc2nc3cc(N)ccc3o2)n(CC)n1. The molecule has 5 nitrogen and oxygen atoms in total. The molecule has 2 N–H and O–H groups in total. The van der Waals surface area contributed by atoms with E-state index in [1.165, 1.54) is 5.69 Å². The van der Waals surface area contributed by atoms with Crippen molar-refractivity contribution in [2.75, 3.05) is 5.73 Å². The van der Waals surface area contributed by atoms with Gasteiger partial charge in [-0.05, 0) is 37.6 Å². The molecule has 2 heterocycles. The number of rotatable bonds is 5. The summed E-state index contributed by atoms with van der Waals surface area (Å²) in [7, 11) is 0. The van der Waals surface area contributed by atoms with E-state index in [-0.39, 0.29) is 0 Å². The number of hydrogen-bond donors (Lipinski definition) is 1. The van der Waals surface area contributed by atoms with Gasteiger partial charge < -0.3 is 10.2 Å². The Morgan fingerprint density at radius 1 is 1.29 bits per heavy atom. The third kappa shape index (κ3) is 2.90. The lowest BCUT2D eigenvalue weighted by Gasteiger charge is -2.01. The number of anilines is 1. The van der Waals surface area contributed by atoms with E-state index < -0.39 is 0 Å². The van der Waals surface area contributed by atoms with Crippen molar-refractivity contribution in [3.63, 3.8) is 0 Å². The Bertz CT molecular complexity index is 762. The minimum absolute atomic E-state index is 0.664. The van der Waals surface area contributed by atoms with E-state index in [0.29, 0.717) is 10.9 Å². The molecule has 0 unspecified atom stereocenters. The highest BCUT2D eigenvalue weighted by Gasteiger charge is 2.10. The normalized spacial score (nSPS) is 11.3. The molecule has 21 heavy (non-hydrogen) atoms. The topological polar surface area (TPSA) is 69.9 Å². The maximum atomic E-state index is 5.75. The number of nitrogens with two attached hydrogens (primary N) is 1. The summed E-state index contributed by atoms with van der Waals surface area (Å²) in [6.07, 6.45) is 0.951. The number of hydrogen-bond acceptors (Lipinski definition) is 5. The Hall–Kier alpha value is -1.95. The summed E-state index contributed by atoms with van der Waals surface area (Å²) < 4.78 is 7.75. The molecule has 0 radical (unpaired) electrons. The number of aryl methyl sites for hydroxylation is 2. The minimum Gasteiger partial charge on any atom is -0.431 e. The van der Waals surface area contributed by atoms with Crippen LogP contribution < -0.4 is 5.73 Å². The number of aromatic nitrogens is 3. The first kappa shape index (κ1) is 14.0. The first-order valence-electron chi connectivity index (χ1n) is 7.04. The van der Waals surface area contributed by atoms with Crippen LogP contribution in [0.4, 0.5) is 5.69 Å². The molecule has 3 aromatic rings. The van der Waals surface area contributed by atoms with Gasteiger partial charge in [-0.25, -0.2) is 4.98 Å². The number of oxazole rings is 1. The largest absolute Gasteiger partial charge is 0.431 e. The van der Waals surface area contributed by atoms with E-state index in [1.807, 2.05) is 22.9 Å². The van der Waals surface area contributed by atoms with Crippen molar-refractivity contribution < 1.29 is 4.42 Å². The molecule has 0 atom stereocenters. The molecule has 2 aromatic heterocycles. The van der Waals surface area contributed by atoms with Gasteiger partial charge in [-0.3, -0.25) is 4.68 Å². The van der Waals surface area contributed by atoms with Gasteiger partial charge >= 0.3 is 0 Å². The van der Waals surface area contributed by atoms with Crippen molar-refractivity contribution in [2.45, 2.75) is 37.8 Å². The van der Waals surface area contributed by atoms with Gasteiger partial charge in [0.2, 0.25) is 0 Å². The second-order valence-electron chi connectivity index (χ2n) is 4.79. The van der Waals surface area contributed by atoms with E-state index in [2.05, 4.69) is 30.0 Å². The van der Waals surface area contributed by atoms with Crippen molar-refractivity contribution in [3.8, 4) is 0 Å². The van der Waals surface area contributed by atoms with E-state index in [4.69, 9.17) is 10.2 Å². The van der Waals surface area contributed by atoms with Crippen LogP contribution in [0.2, 0.25) is 0 Å². The number of thioether (sulfide) groups is 1. The van der Waals surface area contributed by atoms with Crippen molar-refractivity contribution in [1.29, 1.82) is 0 Å². The van der Waals surface area contributed by atoms with E-state index >= 15 is 0 Å². The summed E-state index contributed by atoms with van der Waals surface area (Å²) in [4.78, 5) is 4.46.